The van der Waals surface area contributed by atoms with Crippen LogP contribution in [0.15, 0.2) is 72.8 Å². The van der Waals surface area contributed by atoms with Gasteiger partial charge in [0, 0.05) is 12.0 Å². The Bertz CT molecular complexity index is 1160. The number of imide groups is 1. The minimum Gasteiger partial charge on any atom is -0.489 e. The second kappa shape index (κ2) is 10.1. The molecule has 5 rings (SSSR count). The number of nitrogens with one attached hydrogen (secondary N) is 1. The first kappa shape index (κ1) is 22.1. The van der Waals surface area contributed by atoms with Gasteiger partial charge in [0.2, 0.25) is 11.8 Å². The number of benzene rings is 3. The molecule has 0 aromatic heterocycles. The zero-order chi connectivity index (χ0) is 23.3. The van der Waals surface area contributed by atoms with Crippen molar-refractivity contribution in [3.05, 3.63) is 95.1 Å². The third kappa shape index (κ3) is 5.11. The van der Waals surface area contributed by atoms with Crippen molar-refractivity contribution in [2.24, 2.45) is 0 Å². The second-order valence-electron chi connectivity index (χ2n) is 8.42. The Morgan fingerprint density at radius 1 is 0.882 bits per heavy atom. The largest absolute Gasteiger partial charge is 0.489 e. The van der Waals surface area contributed by atoms with Crippen LogP contribution >= 0.6 is 0 Å². The average Bonchev–Trinajstić information content (AvgIpc) is 2.87. The summed E-state index contributed by atoms with van der Waals surface area (Å²) in [6.07, 6.45) is 0.761. The highest BCUT2D eigenvalue weighted by Gasteiger charge is 2.35. The van der Waals surface area contributed by atoms with Crippen LogP contribution in [0.25, 0.3) is 0 Å². The Morgan fingerprint density at radius 2 is 1.62 bits per heavy atom. The summed E-state index contributed by atoms with van der Waals surface area (Å²) in [6, 6.07) is 23.3. The molecule has 0 spiro atoms. The van der Waals surface area contributed by atoms with Crippen molar-refractivity contribution in [1.29, 1.82) is 0 Å². The number of carbonyl (C=O) groups is 2. The summed E-state index contributed by atoms with van der Waals surface area (Å²) in [5.41, 5.74) is 4.18. The Morgan fingerprint density at radius 3 is 2.35 bits per heavy atom. The molecule has 174 valence electrons. The van der Waals surface area contributed by atoms with Crippen LogP contribution in [-0.2, 0) is 40.8 Å². The molecule has 1 atom stereocenters. The van der Waals surface area contributed by atoms with E-state index in [0.717, 1.165) is 33.8 Å². The minimum absolute atomic E-state index is 0.236. The van der Waals surface area contributed by atoms with Crippen molar-refractivity contribution in [1.82, 2.24) is 10.4 Å². The summed E-state index contributed by atoms with van der Waals surface area (Å²) in [6.45, 7) is 1.72. The van der Waals surface area contributed by atoms with E-state index in [1.807, 2.05) is 72.8 Å². The zero-order valence-corrected chi connectivity index (χ0v) is 18.7. The lowest BCUT2D eigenvalue weighted by atomic mass is 10.0. The molecule has 2 amide bonds. The van der Waals surface area contributed by atoms with Crippen molar-refractivity contribution < 1.29 is 23.9 Å². The van der Waals surface area contributed by atoms with Crippen LogP contribution in [0, 0.1) is 0 Å². The molecular weight excluding hydrogens is 432 g/mol. The van der Waals surface area contributed by atoms with E-state index < -0.39 is 6.04 Å². The fourth-order valence-electron chi connectivity index (χ4n) is 4.15. The van der Waals surface area contributed by atoms with Crippen molar-refractivity contribution in [2.45, 2.75) is 45.2 Å². The molecule has 7 nitrogen and oxygen atoms in total. The lowest BCUT2D eigenvalue weighted by Crippen LogP contribution is -2.52. The lowest BCUT2D eigenvalue weighted by molar-refractivity contribution is -0.216. The summed E-state index contributed by atoms with van der Waals surface area (Å²) in [5, 5.41) is 4.06. The van der Waals surface area contributed by atoms with E-state index >= 15 is 0 Å². The van der Waals surface area contributed by atoms with Crippen LogP contribution < -0.4 is 14.8 Å². The molecule has 1 fully saturated rings. The highest BCUT2D eigenvalue weighted by molar-refractivity contribution is 6.00. The molecule has 1 unspecified atom stereocenters. The number of piperidine rings is 1. The van der Waals surface area contributed by atoms with E-state index in [0.29, 0.717) is 39.2 Å². The number of ether oxygens (including phenoxy) is 2. The average molecular weight is 459 g/mol. The standard InChI is InChI=1S/C27H26N2O5/c30-26-14-13-24(27(31)28-26)29-15-23-21(18-34-29)5-4-8-25(23)33-17-20-11-9-19(10-12-20)16-32-22-6-2-1-3-7-22/h1-12,24H,13-18H2,(H,28,30,31). The number of amides is 2. The van der Waals surface area contributed by atoms with Gasteiger partial charge in [-0.3, -0.25) is 19.7 Å². The first-order chi connectivity index (χ1) is 16.7. The minimum atomic E-state index is -0.482. The van der Waals surface area contributed by atoms with Gasteiger partial charge in [-0.15, -0.1) is 0 Å². The maximum atomic E-state index is 12.3. The van der Waals surface area contributed by atoms with Crippen LogP contribution in [0.4, 0.5) is 0 Å². The predicted molar refractivity (Wildman–Crippen MR) is 124 cm³/mol. The summed E-state index contributed by atoms with van der Waals surface area (Å²) in [5.74, 6) is 1.07. The molecule has 0 bridgehead atoms. The molecule has 3 aromatic carbocycles. The van der Waals surface area contributed by atoms with E-state index in [9.17, 15) is 9.59 Å². The van der Waals surface area contributed by atoms with Gasteiger partial charge in [-0.05, 0) is 41.3 Å². The summed E-state index contributed by atoms with van der Waals surface area (Å²) >= 11 is 0. The van der Waals surface area contributed by atoms with E-state index in [-0.39, 0.29) is 11.8 Å². The quantitative estimate of drug-likeness (QED) is 0.541. The first-order valence-electron chi connectivity index (χ1n) is 11.4. The third-order valence-corrected chi connectivity index (χ3v) is 6.05. The second-order valence-corrected chi connectivity index (χ2v) is 8.42. The Kier molecular flexibility index (Phi) is 6.56. The number of rotatable bonds is 7. The van der Waals surface area contributed by atoms with Crippen molar-refractivity contribution >= 4 is 11.8 Å². The third-order valence-electron chi connectivity index (χ3n) is 6.05. The van der Waals surface area contributed by atoms with Crippen molar-refractivity contribution in [2.75, 3.05) is 0 Å². The van der Waals surface area contributed by atoms with Crippen molar-refractivity contribution in [3.63, 3.8) is 0 Å². The Balaban J connectivity index is 1.20. The van der Waals surface area contributed by atoms with E-state index in [2.05, 4.69) is 5.32 Å². The number of fused-ring (bicyclic) bond motifs is 1. The summed E-state index contributed by atoms with van der Waals surface area (Å²) in [4.78, 5) is 29.6. The van der Waals surface area contributed by atoms with Gasteiger partial charge in [-0.2, -0.15) is 5.06 Å². The van der Waals surface area contributed by atoms with E-state index in [1.165, 1.54) is 0 Å². The van der Waals surface area contributed by atoms with Crippen LogP contribution in [0.5, 0.6) is 11.5 Å². The monoisotopic (exact) mass is 458 g/mol. The normalized spacial score (nSPS) is 18.2. The summed E-state index contributed by atoms with van der Waals surface area (Å²) < 4.78 is 12.0. The molecule has 3 aromatic rings. The number of nitrogens with zero attached hydrogens (tertiary/aromatic N) is 1. The summed E-state index contributed by atoms with van der Waals surface area (Å²) in [7, 11) is 0. The van der Waals surface area contributed by atoms with Gasteiger partial charge in [0.1, 0.15) is 30.8 Å². The van der Waals surface area contributed by atoms with Crippen LogP contribution in [0.1, 0.15) is 35.1 Å². The van der Waals surface area contributed by atoms with Gasteiger partial charge in [-0.1, -0.05) is 54.6 Å². The number of para-hydroxylation sites is 1. The Labute approximate surface area is 198 Å². The molecule has 34 heavy (non-hydrogen) atoms. The first-order valence-corrected chi connectivity index (χ1v) is 11.4. The maximum Gasteiger partial charge on any atom is 0.246 e. The smallest absolute Gasteiger partial charge is 0.246 e. The maximum absolute atomic E-state index is 12.3. The van der Waals surface area contributed by atoms with Gasteiger partial charge in [0.15, 0.2) is 0 Å². The topological polar surface area (TPSA) is 77.1 Å². The Hall–Kier alpha value is -3.68. The molecule has 2 aliphatic heterocycles. The SMILES string of the molecule is O=C1CCC(N2Cc3c(cccc3OCc3ccc(COc4ccccc4)cc3)CO2)C(=O)N1. The zero-order valence-electron chi connectivity index (χ0n) is 18.7. The number of hydroxylamine groups is 2. The van der Waals surface area contributed by atoms with Gasteiger partial charge >= 0.3 is 0 Å². The van der Waals surface area contributed by atoms with Crippen LogP contribution in [0.3, 0.4) is 0 Å². The number of hydrogen-bond acceptors (Lipinski definition) is 6. The van der Waals surface area contributed by atoms with Gasteiger partial charge in [0.05, 0.1) is 13.2 Å². The van der Waals surface area contributed by atoms with Gasteiger partial charge in [0.25, 0.3) is 0 Å². The molecular formula is C27H26N2O5. The number of carbonyl (C=O) groups excluding carboxylic acids is 2. The van der Waals surface area contributed by atoms with Crippen LogP contribution in [0.2, 0.25) is 0 Å². The lowest BCUT2D eigenvalue weighted by Gasteiger charge is -2.35. The van der Waals surface area contributed by atoms with Gasteiger partial charge < -0.3 is 9.47 Å². The highest BCUT2D eigenvalue weighted by atomic mass is 16.7. The van der Waals surface area contributed by atoms with Crippen LogP contribution in [-0.4, -0.2) is 22.9 Å². The fraction of sp³-hybridized carbons (Fsp3) is 0.259. The molecule has 0 saturated carbocycles. The molecule has 0 aliphatic carbocycles. The number of hydrogen-bond donors (Lipinski definition) is 1. The highest BCUT2D eigenvalue weighted by Crippen LogP contribution is 2.31. The van der Waals surface area contributed by atoms with E-state index in [4.69, 9.17) is 14.3 Å². The van der Waals surface area contributed by atoms with Crippen molar-refractivity contribution in [3.8, 4) is 11.5 Å². The predicted octanol–water partition coefficient (Wildman–Crippen LogP) is 3.90. The molecule has 2 aliphatic rings. The molecule has 1 N–H and O–H groups in total. The molecule has 0 radical (unpaired) electrons. The molecule has 7 heteroatoms. The van der Waals surface area contributed by atoms with Gasteiger partial charge in [-0.25, -0.2) is 0 Å². The molecule has 1 saturated heterocycles. The fourth-order valence-corrected chi connectivity index (χ4v) is 4.15. The van der Waals surface area contributed by atoms with E-state index in [1.54, 1.807) is 5.06 Å². The molecule has 2 heterocycles.